The number of hydrogen-bond acceptors (Lipinski definition) is 1. The van der Waals surface area contributed by atoms with Gasteiger partial charge in [-0.15, -0.1) is 0 Å². The van der Waals surface area contributed by atoms with Crippen LogP contribution in [0.25, 0.3) is 0 Å². The van der Waals surface area contributed by atoms with E-state index in [4.69, 9.17) is 0 Å². The van der Waals surface area contributed by atoms with Crippen LogP contribution in [0, 0.1) is 0 Å². The van der Waals surface area contributed by atoms with Crippen molar-refractivity contribution in [3.63, 3.8) is 0 Å². The standard InChI is InChI=1S/C13H19NSi/c1-15(2,3)13-9-10-14(13)11-12-7-5-4-6-8-12/h4-10,13H,11H2,1-3H3. The number of benzene rings is 1. The maximum absolute atomic E-state index is 2.47. The highest BCUT2D eigenvalue weighted by Gasteiger charge is 2.33. The fraction of sp³-hybridized carbons (Fsp3) is 0.385. The number of nitrogens with zero attached hydrogens (tertiary/aromatic N) is 1. The van der Waals surface area contributed by atoms with Crippen LogP contribution in [0.15, 0.2) is 42.6 Å². The summed E-state index contributed by atoms with van der Waals surface area (Å²) in [5.41, 5.74) is 2.13. The first-order valence-electron chi connectivity index (χ1n) is 5.55. The van der Waals surface area contributed by atoms with Gasteiger partial charge in [-0.3, -0.25) is 0 Å². The summed E-state index contributed by atoms with van der Waals surface area (Å²) in [6.07, 6.45) is 4.59. The monoisotopic (exact) mass is 217 g/mol. The van der Waals surface area contributed by atoms with E-state index in [9.17, 15) is 0 Å². The lowest BCUT2D eigenvalue weighted by atomic mass is 10.2. The molecular weight excluding hydrogens is 198 g/mol. The minimum Gasteiger partial charge on any atom is -0.370 e. The van der Waals surface area contributed by atoms with Crippen LogP contribution in [-0.2, 0) is 6.54 Å². The zero-order valence-electron chi connectivity index (χ0n) is 9.77. The van der Waals surface area contributed by atoms with Gasteiger partial charge in [0.25, 0.3) is 0 Å². The van der Waals surface area contributed by atoms with Crippen LogP contribution < -0.4 is 0 Å². The highest BCUT2D eigenvalue weighted by molar-refractivity contribution is 6.78. The van der Waals surface area contributed by atoms with E-state index in [0.717, 1.165) is 12.2 Å². The summed E-state index contributed by atoms with van der Waals surface area (Å²) in [7, 11) is -1.05. The highest BCUT2D eigenvalue weighted by Crippen LogP contribution is 2.25. The van der Waals surface area contributed by atoms with Crippen molar-refractivity contribution in [3.8, 4) is 0 Å². The molecule has 1 heterocycles. The third-order valence-corrected chi connectivity index (χ3v) is 5.21. The second-order valence-corrected chi connectivity index (χ2v) is 10.6. The second kappa shape index (κ2) is 3.85. The molecule has 0 saturated carbocycles. The van der Waals surface area contributed by atoms with E-state index in [-0.39, 0.29) is 0 Å². The summed E-state index contributed by atoms with van der Waals surface area (Å²) in [5, 5.41) is 0. The van der Waals surface area contributed by atoms with Crippen LogP contribution in [0.5, 0.6) is 0 Å². The van der Waals surface area contributed by atoms with Gasteiger partial charge in [-0.2, -0.15) is 0 Å². The molecule has 2 rings (SSSR count). The average molecular weight is 217 g/mol. The van der Waals surface area contributed by atoms with Crippen molar-refractivity contribution in [2.24, 2.45) is 0 Å². The zero-order chi connectivity index (χ0) is 10.9. The van der Waals surface area contributed by atoms with Gasteiger partial charge in [0, 0.05) is 12.2 Å². The predicted molar refractivity (Wildman–Crippen MR) is 68.3 cm³/mol. The Morgan fingerprint density at radius 3 is 2.27 bits per heavy atom. The van der Waals surface area contributed by atoms with Gasteiger partial charge in [0.2, 0.25) is 0 Å². The molecule has 1 aliphatic heterocycles. The van der Waals surface area contributed by atoms with Gasteiger partial charge in [-0.05, 0) is 17.8 Å². The lowest BCUT2D eigenvalue weighted by Gasteiger charge is -2.43. The van der Waals surface area contributed by atoms with Crippen LogP contribution in [0.3, 0.4) is 0 Å². The lowest BCUT2D eigenvalue weighted by molar-refractivity contribution is 0.326. The van der Waals surface area contributed by atoms with Gasteiger partial charge in [-0.1, -0.05) is 50.0 Å². The van der Waals surface area contributed by atoms with E-state index in [1.165, 1.54) is 5.56 Å². The Labute approximate surface area is 93.4 Å². The van der Waals surface area contributed by atoms with E-state index in [0.29, 0.717) is 0 Å². The molecule has 0 N–H and O–H groups in total. The Kier molecular flexibility index (Phi) is 2.70. The molecule has 0 fully saturated rings. The Morgan fingerprint density at radius 2 is 1.80 bits per heavy atom. The molecule has 1 unspecified atom stereocenters. The topological polar surface area (TPSA) is 3.24 Å². The largest absolute Gasteiger partial charge is 0.370 e. The molecule has 1 aliphatic rings. The van der Waals surface area contributed by atoms with Crippen LogP contribution in [0.1, 0.15) is 5.56 Å². The van der Waals surface area contributed by atoms with E-state index >= 15 is 0 Å². The maximum atomic E-state index is 2.47. The fourth-order valence-corrected chi connectivity index (χ4v) is 3.86. The molecule has 0 spiro atoms. The van der Waals surface area contributed by atoms with Gasteiger partial charge in [0.1, 0.15) is 0 Å². The molecule has 1 aromatic carbocycles. The van der Waals surface area contributed by atoms with E-state index in [1.807, 2.05) is 0 Å². The third-order valence-electron chi connectivity index (χ3n) is 2.91. The zero-order valence-corrected chi connectivity index (χ0v) is 10.8. The molecule has 1 atom stereocenters. The SMILES string of the molecule is C[Si](C)(C)C1C=CN1Cc1ccccc1. The first kappa shape index (κ1) is 10.5. The summed E-state index contributed by atoms with van der Waals surface area (Å²) in [4.78, 5) is 2.47. The molecule has 0 bridgehead atoms. The highest BCUT2D eigenvalue weighted by atomic mass is 28.3. The molecule has 0 saturated heterocycles. The maximum Gasteiger partial charge on any atom is 0.0754 e. The van der Waals surface area contributed by atoms with E-state index < -0.39 is 8.07 Å². The Hall–Kier alpha value is -1.02. The molecule has 80 valence electrons. The minimum atomic E-state index is -1.05. The van der Waals surface area contributed by atoms with Crippen LogP contribution in [0.2, 0.25) is 19.6 Å². The number of hydrogen-bond donors (Lipinski definition) is 0. The van der Waals surface area contributed by atoms with Gasteiger partial charge in [0.05, 0.1) is 8.07 Å². The van der Waals surface area contributed by atoms with Gasteiger partial charge >= 0.3 is 0 Å². The first-order chi connectivity index (χ1) is 7.07. The molecule has 15 heavy (non-hydrogen) atoms. The lowest BCUT2D eigenvalue weighted by Crippen LogP contribution is -2.52. The summed E-state index contributed by atoms with van der Waals surface area (Å²) < 4.78 is 0. The van der Waals surface area contributed by atoms with Crippen molar-refractivity contribution in [1.82, 2.24) is 4.90 Å². The summed E-state index contributed by atoms with van der Waals surface area (Å²) in [6.45, 7) is 8.35. The predicted octanol–water partition coefficient (Wildman–Crippen LogP) is 3.26. The van der Waals surface area contributed by atoms with E-state index in [1.54, 1.807) is 0 Å². The summed E-state index contributed by atoms with van der Waals surface area (Å²) in [5.74, 6) is 0. The van der Waals surface area contributed by atoms with Crippen molar-refractivity contribution in [2.45, 2.75) is 31.9 Å². The van der Waals surface area contributed by atoms with Crippen molar-refractivity contribution in [2.75, 3.05) is 0 Å². The first-order valence-corrected chi connectivity index (χ1v) is 9.13. The molecule has 1 aromatic rings. The van der Waals surface area contributed by atoms with Crippen molar-refractivity contribution in [1.29, 1.82) is 0 Å². The Balaban J connectivity index is 2.01. The molecular formula is C13H19NSi. The molecule has 2 heteroatoms. The van der Waals surface area contributed by atoms with Crippen molar-refractivity contribution in [3.05, 3.63) is 48.2 Å². The van der Waals surface area contributed by atoms with Gasteiger partial charge in [0.15, 0.2) is 0 Å². The van der Waals surface area contributed by atoms with Gasteiger partial charge in [-0.25, -0.2) is 0 Å². The normalized spacial score (nSPS) is 20.2. The average Bonchev–Trinajstić information content (AvgIpc) is 2.11. The molecule has 0 aromatic heterocycles. The van der Waals surface area contributed by atoms with Crippen LogP contribution in [0.4, 0.5) is 0 Å². The molecule has 0 radical (unpaired) electrons. The molecule has 0 aliphatic carbocycles. The number of rotatable bonds is 3. The smallest absolute Gasteiger partial charge is 0.0754 e. The van der Waals surface area contributed by atoms with Gasteiger partial charge < -0.3 is 4.90 Å². The molecule has 0 amide bonds. The fourth-order valence-electron chi connectivity index (χ4n) is 2.03. The Bertz CT molecular complexity index is 351. The quantitative estimate of drug-likeness (QED) is 0.702. The van der Waals surface area contributed by atoms with Crippen molar-refractivity contribution >= 4 is 8.07 Å². The van der Waals surface area contributed by atoms with Crippen LogP contribution >= 0.6 is 0 Å². The Morgan fingerprint density at radius 1 is 1.13 bits per heavy atom. The summed E-state index contributed by atoms with van der Waals surface area (Å²) in [6, 6.07) is 10.7. The second-order valence-electron chi connectivity index (χ2n) is 5.31. The van der Waals surface area contributed by atoms with E-state index in [2.05, 4.69) is 67.1 Å². The van der Waals surface area contributed by atoms with Crippen LogP contribution in [-0.4, -0.2) is 18.6 Å². The molecule has 1 nitrogen and oxygen atoms in total. The minimum absolute atomic E-state index is 0.720. The summed E-state index contributed by atoms with van der Waals surface area (Å²) >= 11 is 0. The third kappa shape index (κ3) is 2.32. The van der Waals surface area contributed by atoms with Crippen molar-refractivity contribution < 1.29 is 0 Å².